The normalized spacial score (nSPS) is 36.7. The summed E-state index contributed by atoms with van der Waals surface area (Å²) >= 11 is 0. The lowest BCUT2D eigenvalue weighted by Gasteiger charge is -2.19. The first-order valence-electron chi connectivity index (χ1n) is 5.17. The highest BCUT2D eigenvalue weighted by atomic mass is 32.2. The Hall–Kier alpha value is -0.170. The number of thiol groups is 1. The Labute approximate surface area is 91.6 Å². The van der Waals surface area contributed by atoms with Gasteiger partial charge in [-0.2, -0.15) is 0 Å². The highest BCUT2D eigenvalue weighted by molar-refractivity contribution is 7.70. The molecular weight excluding hydrogens is 218 g/mol. The lowest BCUT2D eigenvalue weighted by atomic mass is 9.92. The van der Waals surface area contributed by atoms with Crippen LogP contribution in [0.4, 0.5) is 0 Å². The maximum absolute atomic E-state index is 10.3. The summed E-state index contributed by atoms with van der Waals surface area (Å²) in [6.45, 7) is 4.19. The molecule has 0 bridgehead atoms. The molecule has 90 valence electrons. The Morgan fingerprint density at radius 3 is 2.33 bits per heavy atom. The van der Waals surface area contributed by atoms with E-state index in [1.54, 1.807) is 0 Å². The first kappa shape index (κ1) is 12.9. The molecule has 1 saturated carbocycles. The summed E-state index contributed by atoms with van der Waals surface area (Å²) < 4.78 is 23.0. The quantitative estimate of drug-likeness (QED) is 0.478. The van der Waals surface area contributed by atoms with E-state index in [0.29, 0.717) is 12.3 Å². The molecular formula is C9H19NO4S. The van der Waals surface area contributed by atoms with Gasteiger partial charge in [-0.25, -0.2) is 13.1 Å². The molecule has 0 amide bonds. The van der Waals surface area contributed by atoms with Crippen LogP contribution in [0.15, 0.2) is 0 Å². The van der Waals surface area contributed by atoms with Crippen molar-refractivity contribution in [3.8, 4) is 0 Å². The van der Waals surface area contributed by atoms with E-state index >= 15 is 0 Å². The Morgan fingerprint density at radius 1 is 1.33 bits per heavy atom. The van der Waals surface area contributed by atoms with Crippen molar-refractivity contribution < 1.29 is 18.6 Å². The molecule has 1 aliphatic carbocycles. The van der Waals surface area contributed by atoms with E-state index in [9.17, 15) is 18.6 Å². The van der Waals surface area contributed by atoms with E-state index in [0.717, 1.165) is 0 Å². The Bertz CT molecular complexity index is 271. The number of aliphatic hydroxyl groups excluding tert-OH is 2. The molecule has 1 rings (SSSR count). The smallest absolute Gasteiger partial charge is 0.201 e. The van der Waals surface area contributed by atoms with Gasteiger partial charge in [0.2, 0.25) is 10.9 Å². The topological polar surface area (TPSA) is 86.6 Å². The maximum atomic E-state index is 10.3. The molecule has 5 nitrogen and oxygen atoms in total. The van der Waals surface area contributed by atoms with Crippen molar-refractivity contribution in [1.82, 2.24) is 4.72 Å². The van der Waals surface area contributed by atoms with Crippen molar-refractivity contribution >= 4 is 10.9 Å². The summed E-state index contributed by atoms with van der Waals surface area (Å²) in [6.07, 6.45) is -0.892. The number of aliphatic hydroxyl groups is 2. The molecule has 0 aromatic rings. The molecule has 0 aromatic carbocycles. The van der Waals surface area contributed by atoms with Gasteiger partial charge in [-0.3, -0.25) is 0 Å². The number of nitrogens with one attached hydrogen (secondary N) is 1. The molecule has 0 aromatic heterocycles. The zero-order valence-electron chi connectivity index (χ0n) is 8.96. The Morgan fingerprint density at radius 2 is 1.93 bits per heavy atom. The maximum Gasteiger partial charge on any atom is 0.201 e. The standard InChI is InChI=1S/C9H19NO4S/c1-5(2)7-3-6(4-10-15(13)14)8(11)9(7)12/h5-9,11-12,15H,3-4H2,1-2H3,(H,10,13,14)/t6-,7+,8-,9+/m1/s1. The Balaban J connectivity index is 2.55. The van der Waals surface area contributed by atoms with Crippen LogP contribution in [0.25, 0.3) is 0 Å². The fourth-order valence-electron chi connectivity index (χ4n) is 2.22. The molecule has 0 spiro atoms. The van der Waals surface area contributed by atoms with Crippen molar-refractivity contribution in [2.75, 3.05) is 6.54 Å². The van der Waals surface area contributed by atoms with Crippen LogP contribution in [0.2, 0.25) is 0 Å². The third-order valence-electron chi connectivity index (χ3n) is 3.19. The largest absolute Gasteiger partial charge is 0.390 e. The van der Waals surface area contributed by atoms with E-state index < -0.39 is 23.1 Å². The zero-order valence-corrected chi connectivity index (χ0v) is 9.85. The molecule has 0 saturated heterocycles. The second kappa shape index (κ2) is 5.25. The van der Waals surface area contributed by atoms with Crippen LogP contribution < -0.4 is 4.72 Å². The van der Waals surface area contributed by atoms with Gasteiger partial charge in [-0.15, -0.1) is 0 Å². The van der Waals surface area contributed by atoms with Crippen molar-refractivity contribution in [2.24, 2.45) is 17.8 Å². The molecule has 0 heterocycles. The van der Waals surface area contributed by atoms with Crippen LogP contribution in [-0.4, -0.2) is 37.4 Å². The third-order valence-corrected chi connectivity index (χ3v) is 3.63. The SMILES string of the molecule is CC(C)[C@@H]1C[C@H](CN[SH](=O)=O)[C@@H](O)[C@H]1O. The summed E-state index contributed by atoms with van der Waals surface area (Å²) in [7, 11) is -2.62. The van der Waals surface area contributed by atoms with Crippen LogP contribution >= 0.6 is 0 Å². The summed E-state index contributed by atoms with van der Waals surface area (Å²) in [4.78, 5) is 0. The predicted molar refractivity (Wildman–Crippen MR) is 56.8 cm³/mol. The van der Waals surface area contributed by atoms with Crippen molar-refractivity contribution in [3.05, 3.63) is 0 Å². The van der Waals surface area contributed by atoms with Gasteiger partial charge in [-0.05, 0) is 18.3 Å². The predicted octanol–water partition coefficient (Wildman–Crippen LogP) is -0.884. The summed E-state index contributed by atoms with van der Waals surface area (Å²) in [5.41, 5.74) is 0. The minimum Gasteiger partial charge on any atom is -0.390 e. The van der Waals surface area contributed by atoms with Gasteiger partial charge in [0.25, 0.3) is 0 Å². The van der Waals surface area contributed by atoms with Gasteiger partial charge in [0.15, 0.2) is 0 Å². The molecule has 1 fully saturated rings. The van der Waals surface area contributed by atoms with Crippen LogP contribution in [0.1, 0.15) is 20.3 Å². The van der Waals surface area contributed by atoms with E-state index in [4.69, 9.17) is 0 Å². The van der Waals surface area contributed by atoms with Gasteiger partial charge in [0, 0.05) is 12.5 Å². The van der Waals surface area contributed by atoms with Crippen molar-refractivity contribution in [1.29, 1.82) is 0 Å². The first-order chi connectivity index (χ1) is 6.93. The van der Waals surface area contributed by atoms with Crippen molar-refractivity contribution in [2.45, 2.75) is 32.5 Å². The molecule has 1 aliphatic rings. The van der Waals surface area contributed by atoms with E-state index in [1.807, 2.05) is 13.8 Å². The molecule has 3 N–H and O–H groups in total. The van der Waals surface area contributed by atoms with Gasteiger partial charge in [0.05, 0.1) is 12.2 Å². The second-order valence-electron chi connectivity index (χ2n) is 4.50. The highest BCUT2D eigenvalue weighted by Gasteiger charge is 2.42. The average Bonchev–Trinajstić information content (AvgIpc) is 2.41. The minimum absolute atomic E-state index is 0.0522. The number of rotatable bonds is 4. The summed E-state index contributed by atoms with van der Waals surface area (Å²) in [6, 6.07) is 0. The fourth-order valence-corrected chi connectivity index (χ4v) is 2.61. The molecule has 0 unspecified atom stereocenters. The van der Waals surface area contributed by atoms with Gasteiger partial charge < -0.3 is 10.2 Å². The molecule has 6 heteroatoms. The van der Waals surface area contributed by atoms with E-state index in [2.05, 4.69) is 4.72 Å². The Kier molecular flexibility index (Phi) is 4.51. The van der Waals surface area contributed by atoms with Crippen LogP contribution in [0.3, 0.4) is 0 Å². The van der Waals surface area contributed by atoms with Gasteiger partial charge in [-0.1, -0.05) is 13.8 Å². The lowest BCUT2D eigenvalue weighted by Crippen LogP contribution is -2.33. The average molecular weight is 237 g/mol. The third kappa shape index (κ3) is 3.14. The van der Waals surface area contributed by atoms with Crippen molar-refractivity contribution in [3.63, 3.8) is 0 Å². The van der Waals surface area contributed by atoms with E-state index in [-0.39, 0.29) is 18.4 Å². The monoisotopic (exact) mass is 237 g/mol. The van der Waals surface area contributed by atoms with Gasteiger partial charge in [0.1, 0.15) is 0 Å². The molecule has 4 atom stereocenters. The summed E-state index contributed by atoms with van der Waals surface area (Å²) in [5, 5.41) is 19.4. The first-order valence-corrected chi connectivity index (χ1v) is 6.35. The summed E-state index contributed by atoms with van der Waals surface area (Å²) in [5.74, 6) is 0.164. The number of hydrogen-bond acceptors (Lipinski definition) is 4. The molecule has 0 radical (unpaired) electrons. The highest BCUT2D eigenvalue weighted by Crippen LogP contribution is 2.35. The minimum atomic E-state index is -2.62. The zero-order chi connectivity index (χ0) is 11.6. The van der Waals surface area contributed by atoms with E-state index in [1.165, 1.54) is 0 Å². The van der Waals surface area contributed by atoms with Crippen LogP contribution in [-0.2, 0) is 10.9 Å². The second-order valence-corrected chi connectivity index (χ2v) is 5.33. The molecule has 0 aliphatic heterocycles. The molecule has 15 heavy (non-hydrogen) atoms. The van der Waals surface area contributed by atoms with Crippen LogP contribution in [0, 0.1) is 17.8 Å². The lowest BCUT2D eigenvalue weighted by molar-refractivity contribution is -0.00295. The fraction of sp³-hybridized carbons (Fsp3) is 1.00. The van der Waals surface area contributed by atoms with Gasteiger partial charge >= 0.3 is 0 Å². The number of hydrogen-bond donors (Lipinski definition) is 4. The van der Waals surface area contributed by atoms with Crippen LogP contribution in [0.5, 0.6) is 0 Å².